The Morgan fingerprint density at radius 1 is 1.00 bits per heavy atom. The highest BCUT2D eigenvalue weighted by Crippen LogP contribution is 2.36. The maximum atomic E-state index is 12.9. The minimum atomic E-state index is -4.66. The van der Waals surface area contributed by atoms with Crippen molar-refractivity contribution < 1.29 is 32.6 Å². The largest absolute Gasteiger partial charge is 0.627 e. The molecule has 0 saturated heterocycles. The Hall–Kier alpha value is -3.67. The lowest BCUT2D eigenvalue weighted by molar-refractivity contribution is -0.732. The molecule has 0 radical (unpaired) electrons. The number of nitrogens with one attached hydrogen (secondary N) is 3. The van der Waals surface area contributed by atoms with Crippen LogP contribution in [0.5, 0.6) is 11.5 Å². The Labute approximate surface area is 190 Å². The van der Waals surface area contributed by atoms with Gasteiger partial charge in [0.25, 0.3) is 0 Å². The Bertz CT molecular complexity index is 1170. The predicted molar refractivity (Wildman–Crippen MR) is 114 cm³/mol. The average molecular weight is 481 g/mol. The molecule has 0 bridgehead atoms. The molecule has 1 unspecified atom stereocenters. The molecule has 0 aliphatic carbocycles. The number of halogens is 4. The number of rotatable bonds is 5. The monoisotopic (exact) mass is 480 g/mol. The van der Waals surface area contributed by atoms with Crippen LogP contribution in [0.1, 0.15) is 16.1 Å². The van der Waals surface area contributed by atoms with Gasteiger partial charge in [0, 0.05) is 23.6 Å². The molecule has 172 valence electrons. The van der Waals surface area contributed by atoms with Gasteiger partial charge in [0.2, 0.25) is 0 Å². The fourth-order valence-corrected chi connectivity index (χ4v) is 2.86. The second kappa shape index (κ2) is 9.86. The van der Waals surface area contributed by atoms with Crippen LogP contribution >= 0.6 is 11.6 Å². The molecule has 2 aromatic carbocycles. The van der Waals surface area contributed by atoms with E-state index < -0.39 is 33.8 Å². The van der Waals surface area contributed by atoms with Crippen LogP contribution in [0.25, 0.3) is 0 Å². The van der Waals surface area contributed by atoms with E-state index in [1.807, 2.05) is 0 Å². The fourth-order valence-electron chi connectivity index (χ4n) is 2.64. The topological polar surface area (TPSA) is 108 Å². The van der Waals surface area contributed by atoms with E-state index in [2.05, 4.69) is 15.6 Å². The number of hydrogen-bond donors (Lipinski definition) is 3. The highest BCUT2D eigenvalue weighted by atomic mass is 35.5. The molecule has 8 nitrogen and oxygen atoms in total. The normalized spacial score (nSPS) is 12.1. The molecule has 12 heteroatoms. The van der Waals surface area contributed by atoms with Crippen molar-refractivity contribution in [3.05, 3.63) is 82.3 Å². The lowest BCUT2D eigenvalue weighted by atomic mass is 10.2. The quantitative estimate of drug-likeness (QED) is 0.471. The first-order chi connectivity index (χ1) is 15.5. The summed E-state index contributed by atoms with van der Waals surface area (Å²) in [6.45, 7) is 0. The summed E-state index contributed by atoms with van der Waals surface area (Å²) in [4.78, 5) is 27.7. The SMILES string of the molecule is C[NH+]([O-])C(=O)c1cc(Oc2ccc(NC(=O)Nc3ccc(Cl)c(C(F)(F)F)c3)cc2)ccn1. The van der Waals surface area contributed by atoms with Gasteiger partial charge in [0.05, 0.1) is 17.6 Å². The molecule has 33 heavy (non-hydrogen) atoms. The molecule has 3 N–H and O–H groups in total. The van der Waals surface area contributed by atoms with E-state index in [-0.39, 0.29) is 17.1 Å². The van der Waals surface area contributed by atoms with Crippen LogP contribution in [-0.2, 0) is 6.18 Å². The molecule has 0 aliphatic heterocycles. The number of urea groups is 1. The van der Waals surface area contributed by atoms with E-state index in [1.54, 1.807) is 0 Å². The van der Waals surface area contributed by atoms with E-state index in [0.717, 1.165) is 19.2 Å². The second-order valence-corrected chi connectivity index (χ2v) is 7.07. The van der Waals surface area contributed by atoms with Crippen LogP contribution in [0.2, 0.25) is 5.02 Å². The zero-order chi connectivity index (χ0) is 24.2. The standard InChI is InChI=1S/C21H16ClF3N4O4/c1-29(32)19(30)18-11-15(8-9-26-18)33-14-5-2-12(3-6-14)27-20(31)28-13-4-7-17(22)16(10-13)21(23,24)25/h2-11,29H,1H3,(H2,27,28,31). The van der Waals surface area contributed by atoms with Gasteiger partial charge in [-0.2, -0.15) is 13.2 Å². The van der Waals surface area contributed by atoms with Crippen LogP contribution in [0.15, 0.2) is 60.8 Å². The van der Waals surface area contributed by atoms with Crippen molar-refractivity contribution in [2.24, 2.45) is 0 Å². The Morgan fingerprint density at radius 2 is 1.64 bits per heavy atom. The van der Waals surface area contributed by atoms with Crippen molar-refractivity contribution in [3.63, 3.8) is 0 Å². The number of pyridine rings is 1. The zero-order valence-electron chi connectivity index (χ0n) is 16.9. The minimum absolute atomic E-state index is 0.0502. The van der Waals surface area contributed by atoms with Crippen LogP contribution < -0.4 is 20.4 Å². The predicted octanol–water partition coefficient (Wildman–Crippen LogP) is 4.34. The summed E-state index contributed by atoms with van der Waals surface area (Å²) in [6, 6.07) is 11.1. The van der Waals surface area contributed by atoms with Gasteiger partial charge in [-0.15, -0.1) is 0 Å². The van der Waals surface area contributed by atoms with Gasteiger partial charge in [0.1, 0.15) is 11.5 Å². The minimum Gasteiger partial charge on any atom is -0.627 e. The lowest BCUT2D eigenvalue weighted by Gasteiger charge is -2.13. The molecule has 0 aliphatic rings. The third-order valence-electron chi connectivity index (χ3n) is 4.16. The van der Waals surface area contributed by atoms with Gasteiger partial charge >= 0.3 is 18.1 Å². The number of quaternary nitrogens is 1. The van der Waals surface area contributed by atoms with E-state index in [4.69, 9.17) is 16.3 Å². The third kappa shape index (κ3) is 6.42. The van der Waals surface area contributed by atoms with Gasteiger partial charge in [-0.25, -0.2) is 14.6 Å². The number of anilines is 2. The van der Waals surface area contributed by atoms with Crippen molar-refractivity contribution in [2.75, 3.05) is 17.7 Å². The Kier molecular flexibility index (Phi) is 7.16. The first kappa shape index (κ1) is 24.0. The van der Waals surface area contributed by atoms with Gasteiger partial charge < -0.3 is 25.6 Å². The highest BCUT2D eigenvalue weighted by Gasteiger charge is 2.33. The molecule has 1 atom stereocenters. The summed E-state index contributed by atoms with van der Waals surface area (Å²) >= 11 is 5.56. The second-order valence-electron chi connectivity index (χ2n) is 6.66. The molecule has 0 saturated carbocycles. The molecule has 0 fully saturated rings. The molecule has 3 aromatic rings. The van der Waals surface area contributed by atoms with Crippen LogP contribution in [0, 0.1) is 5.21 Å². The van der Waals surface area contributed by atoms with Crippen molar-refractivity contribution >= 4 is 34.9 Å². The van der Waals surface area contributed by atoms with Gasteiger partial charge in [-0.3, -0.25) is 0 Å². The highest BCUT2D eigenvalue weighted by molar-refractivity contribution is 6.31. The molecule has 3 amide bonds. The molecule has 3 rings (SSSR count). The van der Waals surface area contributed by atoms with Crippen molar-refractivity contribution in [1.82, 2.24) is 4.98 Å². The summed E-state index contributed by atoms with van der Waals surface area (Å²) in [5, 5.41) is 14.9. The van der Waals surface area contributed by atoms with Crippen LogP contribution in [0.3, 0.4) is 0 Å². The number of nitrogens with zero attached hydrogens (tertiary/aromatic N) is 1. The molecule has 1 heterocycles. The zero-order valence-corrected chi connectivity index (χ0v) is 17.6. The lowest BCUT2D eigenvalue weighted by Crippen LogP contribution is -3.06. The Morgan fingerprint density at radius 3 is 2.27 bits per heavy atom. The number of carbonyl (C=O) groups is 2. The van der Waals surface area contributed by atoms with Crippen molar-refractivity contribution in [3.8, 4) is 11.5 Å². The summed E-state index contributed by atoms with van der Waals surface area (Å²) in [5.74, 6) is -0.105. The molecular formula is C21H16ClF3N4O4. The van der Waals surface area contributed by atoms with E-state index in [9.17, 15) is 28.0 Å². The fraction of sp³-hybridized carbons (Fsp3) is 0.0952. The third-order valence-corrected chi connectivity index (χ3v) is 4.49. The van der Waals surface area contributed by atoms with Gasteiger partial charge in [-0.05, 0) is 48.5 Å². The van der Waals surface area contributed by atoms with Gasteiger partial charge in [0.15, 0.2) is 5.69 Å². The van der Waals surface area contributed by atoms with Crippen LogP contribution in [-0.4, -0.2) is 24.0 Å². The number of carbonyl (C=O) groups excluding carboxylic acids is 2. The number of hydrogen-bond acceptors (Lipinski definition) is 5. The molecule has 0 spiro atoms. The van der Waals surface area contributed by atoms with Gasteiger partial charge in [-0.1, -0.05) is 11.6 Å². The first-order valence-corrected chi connectivity index (χ1v) is 9.65. The number of amides is 3. The average Bonchev–Trinajstić information content (AvgIpc) is 2.75. The number of hydroxylamine groups is 2. The number of ether oxygens (including phenoxy) is 1. The summed E-state index contributed by atoms with van der Waals surface area (Å²) in [6.07, 6.45) is -3.33. The van der Waals surface area contributed by atoms with E-state index >= 15 is 0 Å². The maximum absolute atomic E-state index is 12.9. The number of benzene rings is 2. The molecular weight excluding hydrogens is 465 g/mol. The van der Waals surface area contributed by atoms with Crippen molar-refractivity contribution in [2.45, 2.75) is 6.18 Å². The summed E-state index contributed by atoms with van der Waals surface area (Å²) < 4.78 is 44.4. The summed E-state index contributed by atoms with van der Waals surface area (Å²) in [7, 11) is 1.14. The van der Waals surface area contributed by atoms with Crippen molar-refractivity contribution in [1.29, 1.82) is 0 Å². The molecule has 1 aromatic heterocycles. The summed E-state index contributed by atoms with van der Waals surface area (Å²) in [5.41, 5.74) is -0.858. The smallest absolute Gasteiger partial charge is 0.417 e. The number of alkyl halides is 3. The van der Waals surface area contributed by atoms with E-state index in [0.29, 0.717) is 11.4 Å². The number of aromatic nitrogens is 1. The Balaban J connectivity index is 1.63. The van der Waals surface area contributed by atoms with Crippen LogP contribution in [0.4, 0.5) is 29.3 Å². The maximum Gasteiger partial charge on any atom is 0.417 e. The first-order valence-electron chi connectivity index (χ1n) is 9.27. The van der Waals surface area contributed by atoms with E-state index in [1.165, 1.54) is 48.7 Å².